The third-order valence-electron chi connectivity index (χ3n) is 3.21. The molecule has 0 spiro atoms. The summed E-state index contributed by atoms with van der Waals surface area (Å²) in [6, 6.07) is 5.50. The van der Waals surface area contributed by atoms with Gasteiger partial charge in [-0.25, -0.2) is 0 Å². The number of hydrogen-bond acceptors (Lipinski definition) is 2. The predicted molar refractivity (Wildman–Crippen MR) is 68.7 cm³/mol. The largest absolute Gasteiger partial charge is 0.378 e. The van der Waals surface area contributed by atoms with Gasteiger partial charge in [0, 0.05) is 23.6 Å². The van der Waals surface area contributed by atoms with E-state index >= 15 is 0 Å². The number of aryl methyl sites for hydroxylation is 1. The molecule has 0 N–H and O–H groups in total. The third kappa shape index (κ3) is 3.30. The molecule has 0 bridgehead atoms. The van der Waals surface area contributed by atoms with Crippen LogP contribution in [0.2, 0.25) is 5.02 Å². The minimum atomic E-state index is 0.155. The molecule has 0 aromatic heterocycles. The van der Waals surface area contributed by atoms with Gasteiger partial charge < -0.3 is 4.74 Å². The minimum absolute atomic E-state index is 0.155. The molecule has 17 heavy (non-hydrogen) atoms. The average Bonchev–Trinajstić information content (AvgIpc) is 2.82. The second-order valence-electron chi connectivity index (χ2n) is 4.56. The molecule has 0 saturated carbocycles. The van der Waals surface area contributed by atoms with E-state index in [4.69, 9.17) is 16.3 Å². The van der Waals surface area contributed by atoms with Gasteiger partial charge in [0.05, 0.1) is 6.10 Å². The van der Waals surface area contributed by atoms with E-state index in [9.17, 15) is 4.79 Å². The molecule has 0 radical (unpaired) electrons. The predicted octanol–water partition coefficient (Wildman–Crippen LogP) is 3.79. The van der Waals surface area contributed by atoms with Crippen molar-refractivity contribution in [1.82, 2.24) is 0 Å². The molecule has 1 fully saturated rings. The van der Waals surface area contributed by atoms with Crippen molar-refractivity contribution >= 4 is 17.4 Å². The Labute approximate surface area is 107 Å². The first-order chi connectivity index (χ1) is 8.16. The number of Topliss-reactive ketones (excluding diaryl/α,β-unsaturated/α-hetero) is 1. The van der Waals surface area contributed by atoms with Crippen LogP contribution < -0.4 is 0 Å². The Morgan fingerprint density at radius 3 is 3.00 bits per heavy atom. The summed E-state index contributed by atoms with van der Waals surface area (Å²) >= 11 is 6.01. The monoisotopic (exact) mass is 252 g/mol. The number of benzene rings is 1. The summed E-state index contributed by atoms with van der Waals surface area (Å²) < 4.78 is 5.50. The van der Waals surface area contributed by atoms with Crippen LogP contribution in [0.5, 0.6) is 0 Å². The number of carbonyl (C=O) groups excluding carboxylic acids is 1. The van der Waals surface area contributed by atoms with Crippen LogP contribution in [0, 0.1) is 6.92 Å². The summed E-state index contributed by atoms with van der Waals surface area (Å²) in [5.41, 5.74) is 1.71. The molecule has 1 saturated heterocycles. The first kappa shape index (κ1) is 12.6. The van der Waals surface area contributed by atoms with E-state index in [1.807, 2.05) is 19.1 Å². The molecule has 1 heterocycles. The summed E-state index contributed by atoms with van der Waals surface area (Å²) in [5.74, 6) is 0.155. The highest BCUT2D eigenvalue weighted by molar-refractivity contribution is 6.31. The van der Waals surface area contributed by atoms with Gasteiger partial charge in [0.2, 0.25) is 0 Å². The number of ether oxygens (including phenoxy) is 1. The minimum Gasteiger partial charge on any atom is -0.378 e. The molecule has 1 aromatic rings. The van der Waals surface area contributed by atoms with Crippen molar-refractivity contribution in [2.75, 3.05) is 6.61 Å². The van der Waals surface area contributed by atoms with E-state index < -0.39 is 0 Å². The Hall–Kier alpha value is -0.860. The fraction of sp³-hybridized carbons (Fsp3) is 0.500. The lowest BCUT2D eigenvalue weighted by molar-refractivity contribution is 0.0859. The van der Waals surface area contributed by atoms with E-state index in [2.05, 4.69) is 0 Å². The maximum Gasteiger partial charge on any atom is 0.163 e. The Kier molecular flexibility index (Phi) is 4.19. The summed E-state index contributed by atoms with van der Waals surface area (Å²) in [4.78, 5) is 12.0. The van der Waals surface area contributed by atoms with Gasteiger partial charge in [-0.2, -0.15) is 0 Å². The van der Waals surface area contributed by atoms with Gasteiger partial charge in [-0.1, -0.05) is 23.7 Å². The summed E-state index contributed by atoms with van der Waals surface area (Å²) in [7, 11) is 0. The van der Waals surface area contributed by atoms with Gasteiger partial charge in [0.1, 0.15) is 0 Å². The lowest BCUT2D eigenvalue weighted by Gasteiger charge is -2.08. The van der Waals surface area contributed by atoms with Crippen molar-refractivity contribution in [3.05, 3.63) is 34.3 Å². The molecule has 0 aliphatic carbocycles. The lowest BCUT2D eigenvalue weighted by atomic mass is 10.0. The van der Waals surface area contributed by atoms with Gasteiger partial charge >= 0.3 is 0 Å². The van der Waals surface area contributed by atoms with Gasteiger partial charge in [-0.3, -0.25) is 4.79 Å². The second kappa shape index (κ2) is 5.65. The molecule has 1 atom stereocenters. The smallest absolute Gasteiger partial charge is 0.163 e. The Balaban J connectivity index is 1.92. The zero-order valence-corrected chi connectivity index (χ0v) is 10.8. The number of carbonyl (C=O) groups is 1. The van der Waals surface area contributed by atoms with Crippen LogP contribution in [0.15, 0.2) is 18.2 Å². The highest BCUT2D eigenvalue weighted by Gasteiger charge is 2.17. The number of ketones is 1. The average molecular weight is 253 g/mol. The molecular weight excluding hydrogens is 236 g/mol. The molecule has 1 aliphatic heterocycles. The molecule has 2 rings (SSSR count). The number of halogens is 1. The summed E-state index contributed by atoms with van der Waals surface area (Å²) in [6.07, 6.45) is 3.85. The fourth-order valence-corrected chi connectivity index (χ4v) is 2.26. The van der Waals surface area contributed by atoms with Gasteiger partial charge in [0.15, 0.2) is 5.78 Å². The highest BCUT2D eigenvalue weighted by Crippen LogP contribution is 2.21. The quantitative estimate of drug-likeness (QED) is 0.762. The first-order valence-corrected chi connectivity index (χ1v) is 6.45. The zero-order valence-electron chi connectivity index (χ0n) is 10.0. The highest BCUT2D eigenvalue weighted by atomic mass is 35.5. The topological polar surface area (TPSA) is 26.3 Å². The van der Waals surface area contributed by atoms with Crippen molar-refractivity contribution in [2.45, 2.75) is 38.7 Å². The third-order valence-corrected chi connectivity index (χ3v) is 3.62. The van der Waals surface area contributed by atoms with E-state index in [-0.39, 0.29) is 11.9 Å². The summed E-state index contributed by atoms with van der Waals surface area (Å²) in [6.45, 7) is 2.78. The normalized spacial score (nSPS) is 19.5. The Bertz CT molecular complexity index is 409. The second-order valence-corrected chi connectivity index (χ2v) is 4.97. The maximum absolute atomic E-state index is 12.0. The fourth-order valence-electron chi connectivity index (χ4n) is 2.07. The standard InChI is InChI=1S/C14H17ClO2/c1-10-4-5-11(9-13(10)15)14(16)7-6-12-3-2-8-17-12/h4-5,9,12H,2-3,6-8H2,1H3. The summed E-state index contributed by atoms with van der Waals surface area (Å²) in [5, 5.41) is 0.660. The van der Waals surface area contributed by atoms with Crippen LogP contribution >= 0.6 is 11.6 Å². The van der Waals surface area contributed by atoms with Crippen LogP contribution in [-0.2, 0) is 4.74 Å². The SMILES string of the molecule is Cc1ccc(C(=O)CCC2CCCO2)cc1Cl. The molecule has 92 valence electrons. The van der Waals surface area contributed by atoms with Crippen molar-refractivity contribution in [2.24, 2.45) is 0 Å². The Morgan fingerprint density at radius 1 is 1.53 bits per heavy atom. The van der Waals surface area contributed by atoms with Gasteiger partial charge in [-0.15, -0.1) is 0 Å². The zero-order chi connectivity index (χ0) is 12.3. The van der Waals surface area contributed by atoms with Crippen molar-refractivity contribution in [3.63, 3.8) is 0 Å². The molecule has 1 unspecified atom stereocenters. The number of rotatable bonds is 4. The van der Waals surface area contributed by atoms with Gasteiger partial charge in [0.25, 0.3) is 0 Å². The number of hydrogen-bond donors (Lipinski definition) is 0. The maximum atomic E-state index is 12.0. The van der Waals surface area contributed by atoms with Gasteiger partial charge in [-0.05, 0) is 37.8 Å². The molecular formula is C14H17ClO2. The molecule has 1 aromatic carbocycles. The lowest BCUT2D eigenvalue weighted by Crippen LogP contribution is -2.08. The van der Waals surface area contributed by atoms with Crippen LogP contribution in [0.4, 0.5) is 0 Å². The van der Waals surface area contributed by atoms with Crippen molar-refractivity contribution < 1.29 is 9.53 Å². The van der Waals surface area contributed by atoms with Crippen LogP contribution in [0.3, 0.4) is 0 Å². The van der Waals surface area contributed by atoms with E-state index in [0.29, 0.717) is 17.0 Å². The van der Waals surface area contributed by atoms with Crippen molar-refractivity contribution in [1.29, 1.82) is 0 Å². The molecule has 2 nitrogen and oxygen atoms in total. The van der Waals surface area contributed by atoms with Crippen LogP contribution in [0.25, 0.3) is 0 Å². The van der Waals surface area contributed by atoms with E-state index in [0.717, 1.165) is 31.4 Å². The van der Waals surface area contributed by atoms with E-state index in [1.165, 1.54) is 0 Å². The molecule has 3 heteroatoms. The van der Waals surface area contributed by atoms with Crippen LogP contribution in [-0.4, -0.2) is 18.5 Å². The molecule has 0 amide bonds. The molecule has 1 aliphatic rings. The van der Waals surface area contributed by atoms with Crippen LogP contribution in [0.1, 0.15) is 41.6 Å². The Morgan fingerprint density at radius 2 is 2.35 bits per heavy atom. The first-order valence-electron chi connectivity index (χ1n) is 6.08. The van der Waals surface area contributed by atoms with Crippen molar-refractivity contribution in [3.8, 4) is 0 Å². The van der Waals surface area contributed by atoms with E-state index in [1.54, 1.807) is 6.07 Å².